The zero-order chi connectivity index (χ0) is 14.7. The van der Waals surface area contributed by atoms with E-state index in [0.29, 0.717) is 10.9 Å². The van der Waals surface area contributed by atoms with Crippen LogP contribution in [0.15, 0.2) is 40.9 Å². The minimum Gasteiger partial charge on any atom is -0.271 e. The van der Waals surface area contributed by atoms with Gasteiger partial charge in [-0.3, -0.25) is 11.3 Å². The van der Waals surface area contributed by atoms with Gasteiger partial charge in [-0.05, 0) is 60.4 Å². The highest BCUT2D eigenvalue weighted by atomic mass is 79.9. The number of benzene rings is 2. The molecule has 0 radical (unpaired) electrons. The number of nitrogens with one attached hydrogen (secondary N) is 1. The standard InChI is InChI=1S/C15H15BrF2N2/c1-9-2-11(7-13(17)3-9)15(20-19)6-10-4-12(16)8-14(18)5-10/h2-5,7-8,15,20H,6,19H2,1H3. The fourth-order valence-electron chi connectivity index (χ4n) is 2.20. The summed E-state index contributed by atoms with van der Waals surface area (Å²) >= 11 is 3.25. The molecule has 106 valence electrons. The van der Waals surface area contributed by atoms with E-state index in [1.54, 1.807) is 0 Å². The Hall–Kier alpha value is -1.30. The molecule has 0 saturated heterocycles. The lowest BCUT2D eigenvalue weighted by Gasteiger charge is -2.17. The van der Waals surface area contributed by atoms with Gasteiger partial charge in [0.25, 0.3) is 0 Å². The Labute approximate surface area is 125 Å². The third-order valence-electron chi connectivity index (χ3n) is 3.03. The molecule has 1 atom stereocenters. The number of hydrogen-bond donors (Lipinski definition) is 2. The van der Waals surface area contributed by atoms with Crippen LogP contribution in [0.5, 0.6) is 0 Å². The third kappa shape index (κ3) is 3.85. The second kappa shape index (κ2) is 6.43. The molecule has 2 aromatic rings. The van der Waals surface area contributed by atoms with Crippen LogP contribution in [0.4, 0.5) is 8.78 Å². The van der Waals surface area contributed by atoms with Gasteiger partial charge in [0.15, 0.2) is 0 Å². The minimum atomic E-state index is -0.319. The summed E-state index contributed by atoms with van der Waals surface area (Å²) in [5.74, 6) is 4.93. The van der Waals surface area contributed by atoms with Gasteiger partial charge in [-0.1, -0.05) is 22.0 Å². The van der Waals surface area contributed by atoms with Crippen molar-refractivity contribution in [3.8, 4) is 0 Å². The largest absolute Gasteiger partial charge is 0.271 e. The summed E-state index contributed by atoms with van der Waals surface area (Å²) < 4.78 is 27.5. The average molecular weight is 341 g/mol. The molecule has 2 aromatic carbocycles. The fourth-order valence-corrected chi connectivity index (χ4v) is 2.72. The molecule has 3 N–H and O–H groups in total. The highest BCUT2D eigenvalue weighted by Gasteiger charge is 2.13. The van der Waals surface area contributed by atoms with E-state index in [0.717, 1.165) is 16.7 Å². The molecule has 0 aliphatic heterocycles. The van der Waals surface area contributed by atoms with Gasteiger partial charge in [0, 0.05) is 4.47 Å². The lowest BCUT2D eigenvalue weighted by Crippen LogP contribution is -2.29. The lowest BCUT2D eigenvalue weighted by molar-refractivity contribution is 0.541. The molecule has 0 saturated carbocycles. The Bertz CT molecular complexity index is 576. The van der Waals surface area contributed by atoms with Crippen molar-refractivity contribution in [2.75, 3.05) is 0 Å². The van der Waals surface area contributed by atoms with Crippen molar-refractivity contribution in [2.45, 2.75) is 19.4 Å². The van der Waals surface area contributed by atoms with Crippen LogP contribution in [-0.4, -0.2) is 0 Å². The van der Waals surface area contributed by atoms with Gasteiger partial charge in [-0.15, -0.1) is 0 Å². The van der Waals surface area contributed by atoms with Crippen molar-refractivity contribution in [3.05, 3.63) is 69.2 Å². The molecule has 0 fully saturated rings. The molecule has 0 bridgehead atoms. The zero-order valence-electron chi connectivity index (χ0n) is 11.0. The van der Waals surface area contributed by atoms with E-state index >= 15 is 0 Å². The molecule has 2 nitrogen and oxygen atoms in total. The van der Waals surface area contributed by atoms with Crippen LogP contribution >= 0.6 is 15.9 Å². The van der Waals surface area contributed by atoms with Gasteiger partial charge in [0.1, 0.15) is 11.6 Å². The van der Waals surface area contributed by atoms with Crippen molar-refractivity contribution in [1.29, 1.82) is 0 Å². The van der Waals surface area contributed by atoms with Crippen LogP contribution in [0.25, 0.3) is 0 Å². The topological polar surface area (TPSA) is 38.0 Å². The Morgan fingerprint density at radius 1 is 1.10 bits per heavy atom. The van der Waals surface area contributed by atoms with Crippen molar-refractivity contribution >= 4 is 15.9 Å². The van der Waals surface area contributed by atoms with Crippen LogP contribution < -0.4 is 11.3 Å². The smallest absolute Gasteiger partial charge is 0.124 e. The van der Waals surface area contributed by atoms with E-state index in [1.165, 1.54) is 24.3 Å². The molecule has 0 aliphatic carbocycles. The Balaban J connectivity index is 2.28. The van der Waals surface area contributed by atoms with Gasteiger partial charge in [0.05, 0.1) is 6.04 Å². The molecule has 0 aromatic heterocycles. The number of hydrogen-bond acceptors (Lipinski definition) is 2. The second-order valence-corrected chi connectivity index (χ2v) is 5.68. The summed E-state index contributed by atoms with van der Waals surface area (Å²) in [6.07, 6.45) is 0.468. The van der Waals surface area contributed by atoms with Crippen LogP contribution in [0, 0.1) is 18.6 Å². The molecular weight excluding hydrogens is 326 g/mol. The van der Waals surface area contributed by atoms with Crippen molar-refractivity contribution in [1.82, 2.24) is 5.43 Å². The molecule has 20 heavy (non-hydrogen) atoms. The molecule has 0 spiro atoms. The predicted molar refractivity (Wildman–Crippen MR) is 79.0 cm³/mol. The first-order valence-electron chi connectivity index (χ1n) is 6.16. The molecule has 0 aliphatic rings. The van der Waals surface area contributed by atoms with E-state index < -0.39 is 0 Å². The number of rotatable bonds is 4. The van der Waals surface area contributed by atoms with Gasteiger partial charge in [-0.25, -0.2) is 8.78 Å². The Morgan fingerprint density at radius 2 is 1.80 bits per heavy atom. The van der Waals surface area contributed by atoms with Crippen molar-refractivity contribution in [3.63, 3.8) is 0 Å². The third-order valence-corrected chi connectivity index (χ3v) is 3.49. The minimum absolute atomic E-state index is 0.280. The second-order valence-electron chi connectivity index (χ2n) is 4.76. The summed E-state index contributed by atoms with van der Waals surface area (Å²) in [4.78, 5) is 0. The average Bonchev–Trinajstić information content (AvgIpc) is 2.33. The molecule has 0 amide bonds. The van der Waals surface area contributed by atoms with Crippen molar-refractivity contribution in [2.24, 2.45) is 5.84 Å². The van der Waals surface area contributed by atoms with E-state index in [4.69, 9.17) is 5.84 Å². The maximum atomic E-state index is 13.5. The number of aryl methyl sites for hydroxylation is 1. The SMILES string of the molecule is Cc1cc(F)cc(C(Cc2cc(F)cc(Br)c2)NN)c1. The highest BCUT2D eigenvalue weighted by Crippen LogP contribution is 2.23. The van der Waals surface area contributed by atoms with E-state index in [9.17, 15) is 8.78 Å². The lowest BCUT2D eigenvalue weighted by atomic mass is 9.98. The van der Waals surface area contributed by atoms with Gasteiger partial charge in [0.2, 0.25) is 0 Å². The monoisotopic (exact) mass is 340 g/mol. The maximum absolute atomic E-state index is 13.5. The fraction of sp³-hybridized carbons (Fsp3) is 0.200. The summed E-state index contributed by atoms with van der Waals surface area (Å²) in [7, 11) is 0. The number of hydrazine groups is 1. The van der Waals surface area contributed by atoms with E-state index in [-0.39, 0.29) is 17.7 Å². The summed E-state index contributed by atoms with van der Waals surface area (Å²) in [6, 6.07) is 9.13. The zero-order valence-corrected chi connectivity index (χ0v) is 12.5. The van der Waals surface area contributed by atoms with E-state index in [1.807, 2.05) is 19.1 Å². The van der Waals surface area contributed by atoms with Crippen LogP contribution in [-0.2, 0) is 6.42 Å². The van der Waals surface area contributed by atoms with E-state index in [2.05, 4.69) is 21.4 Å². The number of nitrogens with two attached hydrogens (primary N) is 1. The molecule has 5 heteroatoms. The Morgan fingerprint density at radius 3 is 2.40 bits per heavy atom. The first kappa shape index (κ1) is 15.1. The highest BCUT2D eigenvalue weighted by molar-refractivity contribution is 9.10. The normalized spacial score (nSPS) is 12.4. The first-order valence-corrected chi connectivity index (χ1v) is 6.95. The van der Waals surface area contributed by atoms with Crippen LogP contribution in [0.2, 0.25) is 0 Å². The predicted octanol–water partition coefficient (Wildman–Crippen LogP) is 3.78. The Kier molecular flexibility index (Phi) is 4.86. The summed E-state index contributed by atoms with van der Waals surface area (Å²) in [5, 5.41) is 0. The summed E-state index contributed by atoms with van der Waals surface area (Å²) in [5.41, 5.74) is 5.00. The number of halogens is 3. The van der Waals surface area contributed by atoms with Gasteiger partial charge in [-0.2, -0.15) is 0 Å². The molecule has 1 unspecified atom stereocenters. The van der Waals surface area contributed by atoms with Gasteiger partial charge >= 0.3 is 0 Å². The van der Waals surface area contributed by atoms with Crippen LogP contribution in [0.1, 0.15) is 22.7 Å². The molecule has 2 rings (SSSR count). The maximum Gasteiger partial charge on any atom is 0.124 e. The molecule has 0 heterocycles. The first-order chi connectivity index (χ1) is 9.47. The van der Waals surface area contributed by atoms with Crippen molar-refractivity contribution < 1.29 is 8.78 Å². The quantitative estimate of drug-likeness (QED) is 0.656. The van der Waals surface area contributed by atoms with Crippen LogP contribution in [0.3, 0.4) is 0 Å². The van der Waals surface area contributed by atoms with Gasteiger partial charge < -0.3 is 0 Å². The molecular formula is C15H15BrF2N2. The summed E-state index contributed by atoms with van der Waals surface area (Å²) in [6.45, 7) is 1.82.